The molecule has 2 heterocycles. The molecule has 0 aliphatic rings. The van der Waals surface area contributed by atoms with E-state index in [1.165, 1.54) is 23.1 Å². The first kappa shape index (κ1) is 22.8. The summed E-state index contributed by atoms with van der Waals surface area (Å²) >= 11 is 2.49. The third kappa shape index (κ3) is 5.65. The first-order valence-corrected chi connectivity index (χ1v) is 11.6. The Morgan fingerprint density at radius 1 is 1.13 bits per heavy atom. The Bertz CT molecular complexity index is 1060. The minimum atomic E-state index is -0.576. The maximum atomic E-state index is 12.9. The molecule has 1 amide bonds. The number of amides is 1. The monoisotopic (exact) mass is 460 g/mol. The number of hydrogen-bond donors (Lipinski definition) is 1. The van der Waals surface area contributed by atoms with E-state index in [4.69, 9.17) is 9.47 Å². The van der Waals surface area contributed by atoms with Crippen LogP contribution in [0.25, 0.3) is 5.69 Å². The van der Waals surface area contributed by atoms with Crippen LogP contribution in [-0.4, -0.2) is 45.6 Å². The summed E-state index contributed by atoms with van der Waals surface area (Å²) in [6.45, 7) is 8.48. The number of anilines is 1. The summed E-state index contributed by atoms with van der Waals surface area (Å²) in [5, 5.41) is 10.7. The highest BCUT2D eigenvalue weighted by Gasteiger charge is 2.18. The van der Waals surface area contributed by atoms with Gasteiger partial charge in [0, 0.05) is 22.6 Å². The summed E-state index contributed by atoms with van der Waals surface area (Å²) in [5.74, 6) is 1.04. The van der Waals surface area contributed by atoms with Crippen molar-refractivity contribution in [2.24, 2.45) is 0 Å². The van der Waals surface area contributed by atoms with Crippen LogP contribution >= 0.6 is 23.1 Å². The smallest absolute Gasteiger partial charge is 0.413 e. The second-order valence-corrected chi connectivity index (χ2v) is 8.68. The number of benzene rings is 1. The van der Waals surface area contributed by atoms with Gasteiger partial charge in [0.05, 0.1) is 19.0 Å². The number of carbonyl (C=O) groups is 2. The average molecular weight is 461 g/mol. The fourth-order valence-electron chi connectivity index (χ4n) is 3.08. The maximum absolute atomic E-state index is 12.9. The summed E-state index contributed by atoms with van der Waals surface area (Å²) in [4.78, 5) is 24.3. The van der Waals surface area contributed by atoms with Gasteiger partial charge in [0.2, 0.25) is 5.13 Å². The van der Waals surface area contributed by atoms with E-state index in [-0.39, 0.29) is 18.1 Å². The molecule has 1 N–H and O–H groups in total. The average Bonchev–Trinajstić information content (AvgIpc) is 3.31. The predicted molar refractivity (Wildman–Crippen MR) is 122 cm³/mol. The van der Waals surface area contributed by atoms with Crippen LogP contribution in [0.4, 0.5) is 9.93 Å². The van der Waals surface area contributed by atoms with Crippen molar-refractivity contribution in [2.45, 2.75) is 32.0 Å². The predicted octanol–water partition coefficient (Wildman–Crippen LogP) is 4.89. The van der Waals surface area contributed by atoms with Gasteiger partial charge in [-0.3, -0.25) is 10.1 Å². The van der Waals surface area contributed by atoms with Gasteiger partial charge in [0.1, 0.15) is 5.75 Å². The summed E-state index contributed by atoms with van der Waals surface area (Å²) in [5.41, 5.74) is 3.51. The van der Waals surface area contributed by atoms with Crippen LogP contribution < -0.4 is 10.1 Å². The second kappa shape index (κ2) is 10.5. The number of ketones is 1. The molecule has 0 bridgehead atoms. The van der Waals surface area contributed by atoms with Crippen LogP contribution in [0.2, 0.25) is 0 Å². The number of carbonyl (C=O) groups excluding carboxylic acids is 2. The molecule has 1 aromatic carbocycles. The molecular formula is C21H24N4O4S2. The molecule has 0 aliphatic heterocycles. The Balaban J connectivity index is 1.67. The Kier molecular flexibility index (Phi) is 7.69. The van der Waals surface area contributed by atoms with Crippen LogP contribution in [0.15, 0.2) is 34.7 Å². The van der Waals surface area contributed by atoms with Gasteiger partial charge in [-0.1, -0.05) is 23.1 Å². The zero-order valence-electron chi connectivity index (χ0n) is 17.8. The van der Waals surface area contributed by atoms with Crippen LogP contribution in [-0.2, 0) is 4.74 Å². The number of nitrogens with zero attached hydrogens (tertiary/aromatic N) is 3. The number of nitrogens with one attached hydrogen (secondary N) is 1. The molecular weight excluding hydrogens is 436 g/mol. The summed E-state index contributed by atoms with van der Waals surface area (Å²) in [6, 6.07) is 9.71. The lowest BCUT2D eigenvalue weighted by Crippen LogP contribution is -2.12. The number of aromatic nitrogens is 3. The Labute approximate surface area is 189 Å². The van der Waals surface area contributed by atoms with Crippen molar-refractivity contribution in [1.29, 1.82) is 0 Å². The van der Waals surface area contributed by atoms with E-state index in [1.807, 2.05) is 51.1 Å². The molecule has 0 spiro atoms. The summed E-state index contributed by atoms with van der Waals surface area (Å²) in [6.07, 6.45) is -0.576. The van der Waals surface area contributed by atoms with E-state index in [2.05, 4.69) is 20.1 Å². The van der Waals surface area contributed by atoms with Gasteiger partial charge in [0.15, 0.2) is 10.1 Å². The summed E-state index contributed by atoms with van der Waals surface area (Å²) in [7, 11) is 0. The van der Waals surface area contributed by atoms with Gasteiger partial charge in [-0.15, -0.1) is 10.2 Å². The Morgan fingerprint density at radius 3 is 2.55 bits per heavy atom. The van der Waals surface area contributed by atoms with E-state index < -0.39 is 6.09 Å². The summed E-state index contributed by atoms with van der Waals surface area (Å²) < 4.78 is 13.0. The molecule has 164 valence electrons. The molecule has 0 saturated heterocycles. The first-order valence-electron chi connectivity index (χ1n) is 9.78. The van der Waals surface area contributed by atoms with E-state index in [0.717, 1.165) is 22.8 Å². The molecule has 10 heteroatoms. The maximum Gasteiger partial charge on any atom is 0.413 e. The van der Waals surface area contributed by atoms with Gasteiger partial charge in [-0.2, -0.15) is 0 Å². The van der Waals surface area contributed by atoms with Crippen LogP contribution in [0, 0.1) is 13.8 Å². The fourth-order valence-corrected chi connectivity index (χ4v) is 4.70. The molecule has 3 rings (SSSR count). The Morgan fingerprint density at radius 2 is 1.87 bits per heavy atom. The minimum absolute atomic E-state index is 0.00499. The number of ether oxygens (including phenoxy) is 2. The molecule has 0 atom stereocenters. The van der Waals surface area contributed by atoms with Gasteiger partial charge >= 0.3 is 6.09 Å². The molecule has 3 aromatic rings. The molecule has 0 saturated carbocycles. The molecule has 2 aromatic heterocycles. The van der Waals surface area contributed by atoms with Crippen molar-refractivity contribution >= 4 is 40.1 Å². The van der Waals surface area contributed by atoms with E-state index in [1.54, 1.807) is 6.92 Å². The molecule has 8 nitrogen and oxygen atoms in total. The van der Waals surface area contributed by atoms with E-state index >= 15 is 0 Å². The van der Waals surface area contributed by atoms with Gasteiger partial charge in [-0.25, -0.2) is 4.79 Å². The largest absolute Gasteiger partial charge is 0.494 e. The normalized spacial score (nSPS) is 10.7. The number of Topliss-reactive ketones (excluding diaryl/α,β-unsaturated/α-hetero) is 1. The first-order chi connectivity index (χ1) is 14.9. The van der Waals surface area contributed by atoms with Crippen molar-refractivity contribution in [3.05, 3.63) is 47.3 Å². The lowest BCUT2D eigenvalue weighted by Gasteiger charge is -2.11. The van der Waals surface area contributed by atoms with Crippen molar-refractivity contribution in [3.8, 4) is 11.4 Å². The number of aryl methyl sites for hydroxylation is 1. The van der Waals surface area contributed by atoms with Crippen LogP contribution in [0.3, 0.4) is 0 Å². The van der Waals surface area contributed by atoms with Gasteiger partial charge < -0.3 is 14.0 Å². The lowest BCUT2D eigenvalue weighted by atomic mass is 10.2. The molecule has 0 aliphatic carbocycles. The standard InChI is InChI=1S/C21H24N4O4S2/c1-5-28-16-9-7-15(8-10-16)25-13(3)11-17(14(25)4)18(26)12-30-21-24-23-19(31-21)22-20(27)29-6-2/h7-11H,5-6,12H2,1-4H3,(H,22,23,27). The fraction of sp³-hybridized carbons (Fsp3) is 0.333. The van der Waals surface area contributed by atoms with Crippen molar-refractivity contribution in [1.82, 2.24) is 14.8 Å². The zero-order valence-corrected chi connectivity index (χ0v) is 19.4. The number of thioether (sulfide) groups is 1. The molecule has 0 fully saturated rings. The molecule has 0 radical (unpaired) electrons. The topological polar surface area (TPSA) is 95.3 Å². The Hall–Kier alpha value is -2.85. The second-order valence-electron chi connectivity index (χ2n) is 6.48. The third-order valence-electron chi connectivity index (χ3n) is 4.36. The molecule has 31 heavy (non-hydrogen) atoms. The number of hydrogen-bond acceptors (Lipinski definition) is 8. The van der Waals surface area contributed by atoms with Gasteiger partial charge in [0.25, 0.3) is 0 Å². The van der Waals surface area contributed by atoms with Crippen molar-refractivity contribution < 1.29 is 19.1 Å². The SMILES string of the molecule is CCOC(=O)Nc1nnc(SCC(=O)c2cc(C)n(-c3ccc(OCC)cc3)c2C)s1. The minimum Gasteiger partial charge on any atom is -0.494 e. The lowest BCUT2D eigenvalue weighted by molar-refractivity contribution is 0.102. The quantitative estimate of drug-likeness (QED) is 0.276. The number of rotatable bonds is 9. The highest BCUT2D eigenvalue weighted by molar-refractivity contribution is 8.01. The van der Waals surface area contributed by atoms with Crippen molar-refractivity contribution in [3.63, 3.8) is 0 Å². The molecule has 0 unspecified atom stereocenters. The van der Waals surface area contributed by atoms with E-state index in [9.17, 15) is 9.59 Å². The zero-order chi connectivity index (χ0) is 22.4. The van der Waals surface area contributed by atoms with Gasteiger partial charge in [-0.05, 0) is 58.0 Å². The van der Waals surface area contributed by atoms with Crippen molar-refractivity contribution in [2.75, 3.05) is 24.3 Å². The highest BCUT2D eigenvalue weighted by atomic mass is 32.2. The highest BCUT2D eigenvalue weighted by Crippen LogP contribution is 2.28. The van der Waals surface area contributed by atoms with E-state index in [0.29, 0.717) is 21.6 Å². The van der Waals surface area contributed by atoms with Crippen LogP contribution in [0.5, 0.6) is 5.75 Å². The van der Waals surface area contributed by atoms with Crippen LogP contribution in [0.1, 0.15) is 35.6 Å². The third-order valence-corrected chi connectivity index (χ3v) is 6.33.